The van der Waals surface area contributed by atoms with Gasteiger partial charge >= 0.3 is 0 Å². The minimum absolute atomic E-state index is 0.0182. The second-order valence-electron chi connectivity index (χ2n) is 6.33. The maximum atomic E-state index is 12.7. The van der Waals surface area contributed by atoms with Gasteiger partial charge in [0.1, 0.15) is 10.5 Å². The summed E-state index contributed by atoms with van der Waals surface area (Å²) in [6.45, 7) is 1.93. The lowest BCUT2D eigenvalue weighted by Crippen LogP contribution is -2.45. The smallest absolute Gasteiger partial charge is 0.243 e. The lowest BCUT2D eigenvalue weighted by atomic mass is 10.1. The maximum absolute atomic E-state index is 12.7. The fraction of sp³-hybridized carbons (Fsp3) is 0.533. The van der Waals surface area contributed by atoms with Gasteiger partial charge in [-0.25, -0.2) is 18.1 Å². The molecule has 1 saturated carbocycles. The molecular weight excluding hydrogens is 336 g/mol. The molecule has 124 valence electrons. The Labute approximate surface area is 140 Å². The Hall–Kier alpha value is -1.15. The van der Waals surface area contributed by atoms with Crippen LogP contribution >= 0.6 is 11.6 Å². The summed E-state index contributed by atoms with van der Waals surface area (Å²) in [5.74, 6) is 0. The molecule has 2 aliphatic rings. The van der Waals surface area contributed by atoms with Crippen molar-refractivity contribution < 1.29 is 8.42 Å². The number of nitrogens with zero attached hydrogens (tertiary/aromatic N) is 2. The molecule has 2 aromatic rings. The summed E-state index contributed by atoms with van der Waals surface area (Å²) in [4.78, 5) is 9.65. The van der Waals surface area contributed by atoms with Gasteiger partial charge in [0.15, 0.2) is 0 Å². The second-order valence-corrected chi connectivity index (χ2v) is 8.42. The quantitative estimate of drug-likeness (QED) is 0.881. The molecule has 0 unspecified atom stereocenters. The SMILES string of the molecule is O=S(=O)(NC1CCN(C2CC2)CC1)c1c[nH]c2nccc(Cl)c12. The number of rotatable bonds is 4. The molecule has 0 amide bonds. The van der Waals surface area contributed by atoms with Crippen LogP contribution in [0.4, 0.5) is 0 Å². The van der Waals surface area contributed by atoms with Gasteiger partial charge in [0.25, 0.3) is 0 Å². The lowest BCUT2D eigenvalue weighted by Gasteiger charge is -2.32. The molecule has 0 radical (unpaired) electrons. The van der Waals surface area contributed by atoms with Gasteiger partial charge in [0.2, 0.25) is 10.0 Å². The van der Waals surface area contributed by atoms with E-state index in [1.165, 1.54) is 19.0 Å². The first-order chi connectivity index (χ1) is 11.0. The van der Waals surface area contributed by atoms with E-state index < -0.39 is 10.0 Å². The molecule has 23 heavy (non-hydrogen) atoms. The molecule has 0 atom stereocenters. The van der Waals surface area contributed by atoms with Crippen molar-refractivity contribution >= 4 is 32.7 Å². The zero-order valence-corrected chi connectivity index (χ0v) is 14.2. The van der Waals surface area contributed by atoms with Crippen LogP contribution in [0.1, 0.15) is 25.7 Å². The van der Waals surface area contributed by atoms with Gasteiger partial charge < -0.3 is 9.88 Å². The molecule has 2 N–H and O–H groups in total. The highest BCUT2D eigenvalue weighted by atomic mass is 35.5. The number of fused-ring (bicyclic) bond motifs is 1. The van der Waals surface area contributed by atoms with Crippen LogP contribution < -0.4 is 4.72 Å². The Kier molecular flexibility index (Phi) is 3.84. The second kappa shape index (κ2) is 5.73. The number of sulfonamides is 1. The van der Waals surface area contributed by atoms with Crippen LogP contribution in [0.2, 0.25) is 5.02 Å². The standard InChI is InChI=1S/C15H19ClN4O2S/c16-12-3-6-17-15-14(12)13(9-18-15)23(21,22)19-10-4-7-20(8-5-10)11-1-2-11/h3,6,9-11,19H,1-2,4-5,7-8H2,(H,17,18). The number of H-pyrrole nitrogens is 1. The number of pyridine rings is 1. The molecule has 0 spiro atoms. The van der Waals surface area contributed by atoms with Crippen LogP contribution in [-0.2, 0) is 10.0 Å². The van der Waals surface area contributed by atoms with Crippen LogP contribution in [0.15, 0.2) is 23.4 Å². The van der Waals surface area contributed by atoms with Crippen LogP contribution in [0, 0.1) is 0 Å². The minimum Gasteiger partial charge on any atom is -0.345 e. The summed E-state index contributed by atoms with van der Waals surface area (Å²) in [6.07, 6.45) is 7.30. The molecular formula is C15H19ClN4O2S. The van der Waals surface area contributed by atoms with E-state index in [0.717, 1.165) is 32.0 Å². The fourth-order valence-corrected chi connectivity index (χ4v) is 5.10. The summed E-state index contributed by atoms with van der Waals surface area (Å²) < 4.78 is 28.3. The molecule has 6 nitrogen and oxygen atoms in total. The first-order valence-electron chi connectivity index (χ1n) is 7.92. The van der Waals surface area contributed by atoms with E-state index in [-0.39, 0.29) is 10.9 Å². The Morgan fingerprint density at radius 3 is 2.70 bits per heavy atom. The van der Waals surface area contributed by atoms with Crippen molar-refractivity contribution in [1.82, 2.24) is 19.6 Å². The number of piperidine rings is 1. The third-order valence-electron chi connectivity index (χ3n) is 4.69. The van der Waals surface area contributed by atoms with Gasteiger partial charge in [-0.3, -0.25) is 0 Å². The van der Waals surface area contributed by atoms with E-state index in [0.29, 0.717) is 16.1 Å². The summed E-state index contributed by atoms with van der Waals surface area (Å²) in [7, 11) is -3.61. The summed E-state index contributed by atoms with van der Waals surface area (Å²) in [5.41, 5.74) is 0.487. The van der Waals surface area contributed by atoms with Crippen molar-refractivity contribution in [3.8, 4) is 0 Å². The molecule has 0 aromatic carbocycles. The van der Waals surface area contributed by atoms with Crippen molar-refractivity contribution in [3.63, 3.8) is 0 Å². The normalized spacial score (nSPS) is 21.1. The van der Waals surface area contributed by atoms with E-state index in [1.54, 1.807) is 12.3 Å². The summed E-state index contributed by atoms with van der Waals surface area (Å²) in [6, 6.07) is 2.33. The van der Waals surface area contributed by atoms with Gasteiger partial charge in [0.05, 0.1) is 10.4 Å². The number of hydrogen-bond donors (Lipinski definition) is 2. The molecule has 2 fully saturated rings. The summed E-state index contributed by atoms with van der Waals surface area (Å²) in [5, 5.41) is 0.845. The Bertz CT molecular complexity index is 823. The zero-order valence-electron chi connectivity index (χ0n) is 12.6. The highest BCUT2D eigenvalue weighted by Crippen LogP contribution is 2.31. The summed E-state index contributed by atoms with van der Waals surface area (Å²) >= 11 is 6.15. The Balaban J connectivity index is 1.53. The van der Waals surface area contributed by atoms with Crippen molar-refractivity contribution in [3.05, 3.63) is 23.5 Å². The van der Waals surface area contributed by atoms with E-state index in [9.17, 15) is 8.42 Å². The fourth-order valence-electron chi connectivity index (χ4n) is 3.31. The van der Waals surface area contributed by atoms with Crippen molar-refractivity contribution in [1.29, 1.82) is 0 Å². The first-order valence-corrected chi connectivity index (χ1v) is 9.79. The number of aromatic nitrogens is 2. The number of nitrogens with one attached hydrogen (secondary N) is 2. The first kappa shape index (κ1) is 15.4. The number of halogens is 1. The molecule has 3 heterocycles. The van der Waals surface area contributed by atoms with Crippen molar-refractivity contribution in [2.75, 3.05) is 13.1 Å². The average Bonchev–Trinajstić information content (AvgIpc) is 3.26. The molecule has 1 aliphatic carbocycles. The van der Waals surface area contributed by atoms with Gasteiger partial charge in [-0.05, 0) is 44.8 Å². The topological polar surface area (TPSA) is 78.1 Å². The van der Waals surface area contributed by atoms with Gasteiger partial charge in [-0.2, -0.15) is 0 Å². The van der Waals surface area contributed by atoms with Crippen LogP contribution in [0.5, 0.6) is 0 Å². The predicted octanol–water partition coefficient (Wildman–Crippen LogP) is 2.12. The Morgan fingerprint density at radius 2 is 2.00 bits per heavy atom. The van der Waals surface area contributed by atoms with Crippen LogP contribution in [0.25, 0.3) is 11.0 Å². The monoisotopic (exact) mass is 354 g/mol. The Morgan fingerprint density at radius 1 is 1.26 bits per heavy atom. The number of aromatic amines is 1. The number of likely N-dealkylation sites (tertiary alicyclic amines) is 1. The van der Waals surface area contributed by atoms with E-state index >= 15 is 0 Å². The van der Waals surface area contributed by atoms with Crippen molar-refractivity contribution in [2.24, 2.45) is 0 Å². The minimum atomic E-state index is -3.61. The van der Waals surface area contributed by atoms with Gasteiger partial charge in [0, 0.05) is 24.5 Å². The van der Waals surface area contributed by atoms with Crippen LogP contribution in [0.3, 0.4) is 0 Å². The molecule has 1 aliphatic heterocycles. The highest BCUT2D eigenvalue weighted by Gasteiger charge is 2.33. The highest BCUT2D eigenvalue weighted by molar-refractivity contribution is 7.89. The van der Waals surface area contributed by atoms with Gasteiger partial charge in [-0.1, -0.05) is 11.6 Å². The maximum Gasteiger partial charge on any atom is 0.243 e. The molecule has 4 rings (SSSR count). The zero-order chi connectivity index (χ0) is 16.0. The number of hydrogen-bond acceptors (Lipinski definition) is 4. The molecule has 8 heteroatoms. The largest absolute Gasteiger partial charge is 0.345 e. The molecule has 1 saturated heterocycles. The lowest BCUT2D eigenvalue weighted by molar-refractivity contribution is 0.199. The predicted molar refractivity (Wildman–Crippen MR) is 89.0 cm³/mol. The van der Waals surface area contributed by atoms with Crippen molar-refractivity contribution in [2.45, 2.75) is 42.7 Å². The van der Waals surface area contributed by atoms with Gasteiger partial charge in [-0.15, -0.1) is 0 Å². The molecule has 2 aromatic heterocycles. The third kappa shape index (κ3) is 2.98. The third-order valence-corrected chi connectivity index (χ3v) is 6.55. The van der Waals surface area contributed by atoms with Crippen LogP contribution in [-0.4, -0.2) is 48.5 Å². The van der Waals surface area contributed by atoms with E-state index in [4.69, 9.17) is 11.6 Å². The van der Waals surface area contributed by atoms with E-state index in [2.05, 4.69) is 19.6 Å². The average molecular weight is 355 g/mol. The molecule has 0 bridgehead atoms. The van der Waals surface area contributed by atoms with E-state index in [1.807, 2.05) is 0 Å².